The number of hydrogen-bond donors (Lipinski definition) is 1. The fraction of sp³-hybridized carbons (Fsp3) is 0.533. The normalized spacial score (nSPS) is 19.6. The first-order chi connectivity index (χ1) is 9.95. The molecule has 0 aromatic heterocycles. The molecule has 1 aromatic carbocycles. The molecule has 1 aliphatic rings. The van der Waals surface area contributed by atoms with Gasteiger partial charge in [-0.2, -0.15) is 13.2 Å². The molecule has 1 N–H and O–H groups in total. The van der Waals surface area contributed by atoms with Crippen molar-refractivity contribution in [2.24, 2.45) is 5.92 Å². The van der Waals surface area contributed by atoms with E-state index < -0.39 is 11.7 Å². The van der Waals surface area contributed by atoms with Crippen LogP contribution in [0.3, 0.4) is 0 Å². The number of anilines is 1. The molecule has 0 amide bonds. The maximum atomic E-state index is 13.2. The number of carbonyl (C=O) groups excluding carboxylic acids is 1. The van der Waals surface area contributed by atoms with Crippen LogP contribution in [0.4, 0.5) is 18.9 Å². The lowest BCUT2D eigenvalue weighted by Crippen LogP contribution is -2.37. The Morgan fingerprint density at radius 2 is 2.14 bits per heavy atom. The Balaban J connectivity index is 2.31. The predicted octanol–water partition coefficient (Wildman–Crippen LogP) is 3.12. The van der Waals surface area contributed by atoms with Gasteiger partial charge >= 0.3 is 6.18 Å². The second-order valence-corrected chi connectivity index (χ2v) is 5.36. The predicted molar refractivity (Wildman–Crippen MR) is 73.5 cm³/mol. The Morgan fingerprint density at radius 3 is 2.76 bits per heavy atom. The van der Waals surface area contributed by atoms with Crippen molar-refractivity contribution < 1.29 is 23.1 Å². The number of hydrogen-bond acceptors (Lipinski definition) is 3. The summed E-state index contributed by atoms with van der Waals surface area (Å²) in [5.74, 6) is 0.204. The molecule has 6 heteroatoms. The number of alkyl halides is 3. The molecule has 116 valence electrons. The van der Waals surface area contributed by atoms with Gasteiger partial charge in [0.25, 0.3) is 0 Å². The van der Waals surface area contributed by atoms with Crippen LogP contribution in [0.5, 0.6) is 0 Å². The van der Waals surface area contributed by atoms with Gasteiger partial charge in [-0.1, -0.05) is 0 Å². The van der Waals surface area contributed by atoms with Gasteiger partial charge in [0.05, 0.1) is 5.56 Å². The average molecular weight is 301 g/mol. The molecule has 0 spiro atoms. The first kappa shape index (κ1) is 15.8. The topological polar surface area (TPSA) is 40.5 Å². The maximum Gasteiger partial charge on any atom is 0.418 e. The van der Waals surface area contributed by atoms with Crippen LogP contribution < -0.4 is 4.90 Å². The molecular weight excluding hydrogens is 283 g/mol. The van der Waals surface area contributed by atoms with Crippen LogP contribution in [-0.4, -0.2) is 31.1 Å². The zero-order chi connectivity index (χ0) is 15.5. The molecule has 1 aromatic rings. The average Bonchev–Trinajstić information content (AvgIpc) is 2.46. The standard InChI is InChI=1S/C15H18F3NO2/c16-15(17,18)13-8-12(10-21)3-4-14(13)19-6-1-2-11(9-19)5-7-20/h3-4,8,10-11,20H,1-2,5-7,9H2. The fourth-order valence-corrected chi connectivity index (χ4v) is 2.83. The van der Waals surface area contributed by atoms with E-state index in [0.717, 1.165) is 18.9 Å². The van der Waals surface area contributed by atoms with Crippen LogP contribution in [0.2, 0.25) is 0 Å². The summed E-state index contributed by atoms with van der Waals surface area (Å²) in [5, 5.41) is 8.99. The van der Waals surface area contributed by atoms with E-state index >= 15 is 0 Å². The van der Waals surface area contributed by atoms with Crippen LogP contribution in [0.25, 0.3) is 0 Å². The Labute approximate surface area is 121 Å². The second-order valence-electron chi connectivity index (χ2n) is 5.36. The Morgan fingerprint density at radius 1 is 1.38 bits per heavy atom. The summed E-state index contributed by atoms with van der Waals surface area (Å²) in [6.07, 6.45) is -1.74. The quantitative estimate of drug-likeness (QED) is 0.869. The van der Waals surface area contributed by atoms with E-state index in [-0.39, 0.29) is 23.8 Å². The van der Waals surface area contributed by atoms with E-state index in [4.69, 9.17) is 5.11 Å². The minimum Gasteiger partial charge on any atom is -0.396 e. The van der Waals surface area contributed by atoms with Crippen LogP contribution in [0, 0.1) is 5.92 Å². The third kappa shape index (κ3) is 3.75. The molecule has 0 bridgehead atoms. The lowest BCUT2D eigenvalue weighted by Gasteiger charge is -2.35. The van der Waals surface area contributed by atoms with Gasteiger partial charge in [0.2, 0.25) is 0 Å². The molecule has 1 unspecified atom stereocenters. The summed E-state index contributed by atoms with van der Waals surface area (Å²) < 4.78 is 39.5. The van der Waals surface area contributed by atoms with Gasteiger partial charge < -0.3 is 10.0 Å². The third-order valence-electron chi connectivity index (χ3n) is 3.86. The van der Waals surface area contributed by atoms with E-state index in [1.807, 2.05) is 0 Å². The van der Waals surface area contributed by atoms with Crippen LogP contribution in [-0.2, 0) is 6.18 Å². The zero-order valence-corrected chi connectivity index (χ0v) is 11.6. The number of aliphatic hydroxyl groups is 1. The minimum atomic E-state index is -4.49. The number of halogens is 3. The van der Waals surface area contributed by atoms with Gasteiger partial charge in [-0.25, -0.2) is 0 Å². The highest BCUT2D eigenvalue weighted by atomic mass is 19.4. The van der Waals surface area contributed by atoms with E-state index in [1.165, 1.54) is 12.1 Å². The van der Waals surface area contributed by atoms with E-state index in [1.54, 1.807) is 4.90 Å². The van der Waals surface area contributed by atoms with Crippen molar-refractivity contribution in [3.05, 3.63) is 29.3 Å². The van der Waals surface area contributed by atoms with Crippen LogP contribution >= 0.6 is 0 Å². The highest BCUT2D eigenvalue weighted by molar-refractivity contribution is 5.77. The molecule has 1 atom stereocenters. The monoisotopic (exact) mass is 301 g/mol. The summed E-state index contributed by atoms with van der Waals surface area (Å²) in [6.45, 7) is 1.12. The lowest BCUT2D eigenvalue weighted by atomic mass is 9.94. The first-order valence-corrected chi connectivity index (χ1v) is 6.98. The summed E-state index contributed by atoms with van der Waals surface area (Å²) in [4.78, 5) is 12.4. The second kappa shape index (κ2) is 6.47. The van der Waals surface area contributed by atoms with Crippen molar-refractivity contribution in [1.82, 2.24) is 0 Å². The van der Waals surface area contributed by atoms with Gasteiger partial charge in [0.1, 0.15) is 6.29 Å². The van der Waals surface area contributed by atoms with Crippen molar-refractivity contribution in [2.45, 2.75) is 25.4 Å². The molecular formula is C15H18F3NO2. The Hall–Kier alpha value is -1.56. The Bertz CT molecular complexity index is 500. The van der Waals surface area contributed by atoms with Crippen molar-refractivity contribution in [2.75, 3.05) is 24.6 Å². The smallest absolute Gasteiger partial charge is 0.396 e. The highest BCUT2D eigenvalue weighted by Gasteiger charge is 2.36. The molecule has 1 heterocycles. The van der Waals surface area contributed by atoms with Crippen molar-refractivity contribution in [3.8, 4) is 0 Å². The summed E-state index contributed by atoms with van der Waals surface area (Å²) in [7, 11) is 0. The molecule has 0 radical (unpaired) electrons. The maximum absolute atomic E-state index is 13.2. The number of aldehydes is 1. The third-order valence-corrected chi connectivity index (χ3v) is 3.86. The number of piperidine rings is 1. The van der Waals surface area contributed by atoms with Crippen LogP contribution in [0.15, 0.2) is 18.2 Å². The molecule has 1 fully saturated rings. The van der Waals surface area contributed by atoms with Gasteiger partial charge in [0, 0.05) is 30.9 Å². The van der Waals surface area contributed by atoms with Crippen LogP contribution in [0.1, 0.15) is 35.2 Å². The molecule has 21 heavy (non-hydrogen) atoms. The van der Waals surface area contributed by atoms with Gasteiger partial charge in [0.15, 0.2) is 0 Å². The first-order valence-electron chi connectivity index (χ1n) is 6.98. The molecule has 0 saturated carbocycles. The van der Waals surface area contributed by atoms with E-state index in [9.17, 15) is 18.0 Å². The number of nitrogens with zero attached hydrogens (tertiary/aromatic N) is 1. The van der Waals surface area contributed by atoms with Crippen molar-refractivity contribution in [1.29, 1.82) is 0 Å². The largest absolute Gasteiger partial charge is 0.418 e. The fourth-order valence-electron chi connectivity index (χ4n) is 2.83. The summed E-state index contributed by atoms with van der Waals surface area (Å²) >= 11 is 0. The van der Waals surface area contributed by atoms with Gasteiger partial charge in [-0.05, 0) is 43.4 Å². The lowest BCUT2D eigenvalue weighted by molar-refractivity contribution is -0.137. The van der Waals surface area contributed by atoms with Crippen molar-refractivity contribution >= 4 is 12.0 Å². The molecule has 3 nitrogen and oxygen atoms in total. The number of rotatable bonds is 4. The number of aliphatic hydroxyl groups excluding tert-OH is 1. The molecule has 1 saturated heterocycles. The van der Waals surface area contributed by atoms with E-state index in [2.05, 4.69) is 0 Å². The zero-order valence-electron chi connectivity index (χ0n) is 11.6. The number of carbonyl (C=O) groups is 1. The minimum absolute atomic E-state index is 0.0231. The van der Waals surface area contributed by atoms with Gasteiger partial charge in [-0.3, -0.25) is 4.79 Å². The summed E-state index contributed by atoms with van der Waals surface area (Å²) in [6, 6.07) is 3.68. The SMILES string of the molecule is O=Cc1ccc(N2CCCC(CCO)C2)c(C(F)(F)F)c1. The van der Waals surface area contributed by atoms with E-state index in [0.29, 0.717) is 25.8 Å². The Kier molecular flexibility index (Phi) is 4.88. The summed E-state index contributed by atoms with van der Waals surface area (Å²) in [5.41, 5.74) is -0.623. The molecule has 2 rings (SSSR count). The molecule has 0 aliphatic carbocycles. The van der Waals surface area contributed by atoms with Gasteiger partial charge in [-0.15, -0.1) is 0 Å². The van der Waals surface area contributed by atoms with Crippen molar-refractivity contribution in [3.63, 3.8) is 0 Å². The number of benzene rings is 1. The highest BCUT2D eigenvalue weighted by Crippen LogP contribution is 2.38. The molecule has 1 aliphatic heterocycles.